The molecule has 0 saturated carbocycles. The van der Waals surface area contributed by atoms with Gasteiger partial charge in [0.15, 0.2) is 0 Å². The van der Waals surface area contributed by atoms with Crippen LogP contribution >= 0.6 is 0 Å². The highest BCUT2D eigenvalue weighted by molar-refractivity contribution is 6.03. The van der Waals surface area contributed by atoms with Crippen LogP contribution in [0.2, 0.25) is 0 Å². The summed E-state index contributed by atoms with van der Waals surface area (Å²) in [5.41, 5.74) is 6.05. The molecule has 0 radical (unpaired) electrons. The van der Waals surface area contributed by atoms with Gasteiger partial charge >= 0.3 is 0 Å². The molecule has 0 aliphatic carbocycles. The van der Waals surface area contributed by atoms with E-state index >= 15 is 0 Å². The lowest BCUT2D eigenvalue weighted by molar-refractivity contribution is 0.332. The van der Waals surface area contributed by atoms with Gasteiger partial charge in [-0.1, -0.05) is 24.3 Å². The highest BCUT2D eigenvalue weighted by Crippen LogP contribution is 2.31. The predicted octanol–water partition coefficient (Wildman–Crippen LogP) is 5.02. The number of halogens is 2. The highest BCUT2D eigenvalue weighted by atomic mass is 19.1. The normalized spacial score (nSPS) is 19.6. The molecule has 5 aromatic rings. The first-order valence-corrected chi connectivity index (χ1v) is 12.6. The van der Waals surface area contributed by atoms with E-state index in [0.717, 1.165) is 55.7 Å². The molecule has 0 fully saturated rings. The lowest BCUT2D eigenvalue weighted by atomic mass is 10.1. The number of amidine groups is 2. The van der Waals surface area contributed by atoms with Crippen LogP contribution in [-0.2, 0) is 0 Å². The molecule has 7 nitrogen and oxygen atoms in total. The zero-order chi connectivity index (χ0) is 25.6. The molecule has 190 valence electrons. The zero-order valence-corrected chi connectivity index (χ0v) is 20.3. The molecular formula is C29H24F2N6O. The van der Waals surface area contributed by atoms with Crippen molar-refractivity contribution < 1.29 is 13.2 Å². The van der Waals surface area contributed by atoms with E-state index in [2.05, 4.69) is 36.7 Å². The van der Waals surface area contributed by atoms with Crippen LogP contribution in [0.1, 0.15) is 11.1 Å². The van der Waals surface area contributed by atoms with Crippen molar-refractivity contribution in [2.45, 2.75) is 12.3 Å². The molecule has 3 N–H and O–H groups in total. The van der Waals surface area contributed by atoms with Crippen molar-refractivity contribution >= 4 is 33.5 Å². The fourth-order valence-electron chi connectivity index (χ4n) is 4.89. The molecule has 0 saturated heterocycles. The van der Waals surface area contributed by atoms with E-state index in [-0.39, 0.29) is 26.2 Å². The number of fused-ring (bicyclic) bond motifs is 2. The smallest absolute Gasteiger partial charge is 0.137 e. The average molecular weight is 511 g/mol. The van der Waals surface area contributed by atoms with Gasteiger partial charge < -0.3 is 20.0 Å². The number of aromatic nitrogens is 2. The van der Waals surface area contributed by atoms with Crippen LogP contribution < -0.4 is 10.6 Å². The second-order valence-electron chi connectivity index (χ2n) is 9.61. The Morgan fingerprint density at radius 1 is 0.737 bits per heavy atom. The van der Waals surface area contributed by atoms with Crippen LogP contribution in [0.5, 0.6) is 0 Å². The number of alkyl halides is 2. The molecule has 7 rings (SSSR count). The van der Waals surface area contributed by atoms with Crippen molar-refractivity contribution in [3.63, 3.8) is 0 Å². The summed E-state index contributed by atoms with van der Waals surface area (Å²) in [6, 6.07) is 19.9. The van der Waals surface area contributed by atoms with Crippen LogP contribution in [0.25, 0.3) is 44.6 Å². The molecule has 5 heterocycles. The third-order valence-electron chi connectivity index (χ3n) is 6.89. The maximum absolute atomic E-state index is 13.4. The fraction of sp³-hybridized carbons (Fsp3) is 0.207. The minimum atomic E-state index is -0.952. The Morgan fingerprint density at radius 2 is 1.45 bits per heavy atom. The predicted molar refractivity (Wildman–Crippen MR) is 145 cm³/mol. The number of hydrogen-bond acceptors (Lipinski definition) is 6. The Labute approximate surface area is 216 Å². The van der Waals surface area contributed by atoms with E-state index in [9.17, 15) is 8.78 Å². The molecular weight excluding hydrogens is 486 g/mol. The summed E-state index contributed by atoms with van der Waals surface area (Å²) in [7, 11) is 0. The average Bonchev–Trinajstić information content (AvgIpc) is 3.58. The summed E-state index contributed by atoms with van der Waals surface area (Å²) in [6.45, 7) is 0.892. The fourth-order valence-corrected chi connectivity index (χ4v) is 4.89. The second kappa shape index (κ2) is 9.09. The van der Waals surface area contributed by atoms with Gasteiger partial charge in [0, 0.05) is 52.3 Å². The zero-order valence-electron chi connectivity index (χ0n) is 20.3. The molecule has 0 amide bonds. The van der Waals surface area contributed by atoms with Gasteiger partial charge in [-0.25, -0.2) is 8.78 Å². The maximum atomic E-state index is 13.4. The number of nitrogens with one attached hydrogen (secondary N) is 3. The van der Waals surface area contributed by atoms with Crippen LogP contribution in [-0.4, -0.2) is 60.2 Å². The van der Waals surface area contributed by atoms with E-state index in [1.807, 2.05) is 54.6 Å². The van der Waals surface area contributed by atoms with Gasteiger partial charge in [-0.15, -0.1) is 0 Å². The molecule has 38 heavy (non-hydrogen) atoms. The Hall–Kier alpha value is -4.53. The van der Waals surface area contributed by atoms with Gasteiger partial charge in [-0.2, -0.15) is 0 Å². The van der Waals surface area contributed by atoms with Crippen molar-refractivity contribution in [1.82, 2.24) is 20.6 Å². The third-order valence-corrected chi connectivity index (χ3v) is 6.89. The molecule has 2 atom stereocenters. The number of H-pyrrole nitrogens is 1. The topological polar surface area (TPSA) is 90.6 Å². The van der Waals surface area contributed by atoms with Crippen molar-refractivity contribution in [1.29, 1.82) is 0 Å². The molecule has 2 aliphatic rings. The van der Waals surface area contributed by atoms with Crippen molar-refractivity contribution in [3.8, 4) is 22.7 Å². The summed E-state index contributed by atoms with van der Waals surface area (Å²) < 4.78 is 33.1. The number of aromatic amines is 1. The van der Waals surface area contributed by atoms with Crippen molar-refractivity contribution in [3.05, 3.63) is 78.0 Å². The highest BCUT2D eigenvalue weighted by Gasteiger charge is 2.18. The minimum Gasteiger partial charge on any atom is -0.456 e. The van der Waals surface area contributed by atoms with E-state index in [1.165, 1.54) is 0 Å². The molecule has 2 aromatic carbocycles. The minimum absolute atomic E-state index is 0.170. The van der Waals surface area contributed by atoms with Crippen LogP contribution in [0.15, 0.2) is 81.3 Å². The summed E-state index contributed by atoms with van der Waals surface area (Å²) in [5.74, 6) is 2.13. The molecule has 2 unspecified atom stereocenters. The second-order valence-corrected chi connectivity index (χ2v) is 9.61. The quantitative estimate of drug-likeness (QED) is 0.317. The maximum Gasteiger partial charge on any atom is 0.137 e. The van der Waals surface area contributed by atoms with E-state index in [0.29, 0.717) is 11.7 Å². The number of benzene rings is 2. The van der Waals surface area contributed by atoms with Crippen LogP contribution in [0, 0.1) is 0 Å². The summed E-state index contributed by atoms with van der Waals surface area (Å²) in [6.07, 6.45) is -0.130. The van der Waals surface area contributed by atoms with E-state index in [4.69, 9.17) is 4.42 Å². The Morgan fingerprint density at radius 3 is 2.16 bits per heavy atom. The molecule has 3 aromatic heterocycles. The number of rotatable bonds is 4. The largest absolute Gasteiger partial charge is 0.456 e. The van der Waals surface area contributed by atoms with Gasteiger partial charge in [0.25, 0.3) is 0 Å². The first kappa shape index (κ1) is 22.7. The first-order valence-electron chi connectivity index (χ1n) is 12.6. The molecule has 2 aliphatic heterocycles. The summed E-state index contributed by atoms with van der Waals surface area (Å²) in [4.78, 5) is 16.7. The van der Waals surface area contributed by atoms with E-state index < -0.39 is 12.3 Å². The lowest BCUT2D eigenvalue weighted by Crippen LogP contribution is -2.37. The number of nitrogens with zero attached hydrogens (tertiary/aromatic N) is 3. The number of furan rings is 1. The lowest BCUT2D eigenvalue weighted by Gasteiger charge is -2.17. The number of aliphatic imine (C=N–C) groups is 2. The van der Waals surface area contributed by atoms with E-state index in [1.54, 1.807) is 6.20 Å². The van der Waals surface area contributed by atoms with Gasteiger partial charge in [0.05, 0.1) is 24.5 Å². The Kier molecular flexibility index (Phi) is 5.42. The standard InChI is InChI=1S/C29H24F2N6O/c30-21-12-33-28(34-13-21)19-3-1-16-7-25(37-23(16)9-19)24-8-18(5-6-32-24)26-10-17-2-4-20(11-27(17)38-26)29-35-14-22(31)15-36-29/h1-11,21-22,37H,12-15H2,(H,33,34)(H,35,36). The molecule has 9 heteroatoms. The van der Waals surface area contributed by atoms with Crippen LogP contribution in [0.3, 0.4) is 0 Å². The van der Waals surface area contributed by atoms with Crippen LogP contribution in [0.4, 0.5) is 8.78 Å². The van der Waals surface area contributed by atoms with Gasteiger partial charge in [0.1, 0.15) is 35.4 Å². The Bertz CT molecular complexity index is 1610. The monoisotopic (exact) mass is 510 g/mol. The van der Waals surface area contributed by atoms with Gasteiger partial charge in [0.2, 0.25) is 0 Å². The Balaban J connectivity index is 1.19. The summed E-state index contributed by atoms with van der Waals surface area (Å²) in [5, 5.41) is 8.12. The van der Waals surface area contributed by atoms with Gasteiger partial charge in [-0.3, -0.25) is 15.0 Å². The van der Waals surface area contributed by atoms with Gasteiger partial charge in [-0.05, 0) is 36.4 Å². The molecule has 0 bridgehead atoms. The SMILES string of the molecule is FC1CN=C(c2ccc3cc(-c4cc(-c5cc6ccc(C7=NCC(F)CN7)cc6o5)ccn4)[nH]c3c2)NC1. The summed E-state index contributed by atoms with van der Waals surface area (Å²) >= 11 is 0. The number of pyridine rings is 1. The first-order chi connectivity index (χ1) is 18.6. The van der Waals surface area contributed by atoms with Crippen molar-refractivity contribution in [2.24, 2.45) is 9.98 Å². The third kappa shape index (κ3) is 4.19. The molecule has 0 spiro atoms. The van der Waals surface area contributed by atoms with Crippen molar-refractivity contribution in [2.75, 3.05) is 26.2 Å². The number of hydrogen-bond donors (Lipinski definition) is 3.